The van der Waals surface area contributed by atoms with Gasteiger partial charge < -0.3 is 4.74 Å². The van der Waals surface area contributed by atoms with E-state index < -0.39 is 0 Å². The van der Waals surface area contributed by atoms with Gasteiger partial charge in [-0.3, -0.25) is 0 Å². The molecular formula is C13H18N4OS. The van der Waals surface area contributed by atoms with Crippen molar-refractivity contribution >= 4 is 11.8 Å². The SMILES string of the molecule is COCCc1nc(CSC)n(-c2cccc(C)n2)n1. The summed E-state index contributed by atoms with van der Waals surface area (Å²) in [6.07, 6.45) is 2.77. The van der Waals surface area contributed by atoms with E-state index in [4.69, 9.17) is 4.74 Å². The molecule has 2 rings (SSSR count). The van der Waals surface area contributed by atoms with Crippen molar-refractivity contribution in [1.29, 1.82) is 0 Å². The van der Waals surface area contributed by atoms with E-state index >= 15 is 0 Å². The third-order valence-corrected chi connectivity index (χ3v) is 3.16. The second-order valence-electron chi connectivity index (χ2n) is 4.17. The van der Waals surface area contributed by atoms with Gasteiger partial charge in [-0.2, -0.15) is 16.4 Å². The van der Waals surface area contributed by atoms with Crippen molar-refractivity contribution in [3.8, 4) is 5.82 Å². The van der Waals surface area contributed by atoms with E-state index in [0.29, 0.717) is 6.61 Å². The maximum atomic E-state index is 5.07. The lowest BCUT2D eigenvalue weighted by atomic mass is 10.4. The minimum atomic E-state index is 0.629. The minimum absolute atomic E-state index is 0.629. The van der Waals surface area contributed by atoms with Crippen LogP contribution in [0, 0.1) is 6.92 Å². The zero-order valence-electron chi connectivity index (χ0n) is 11.5. The molecule has 0 N–H and O–H groups in total. The van der Waals surface area contributed by atoms with Crippen LogP contribution in [-0.2, 0) is 16.9 Å². The van der Waals surface area contributed by atoms with Gasteiger partial charge >= 0.3 is 0 Å². The van der Waals surface area contributed by atoms with Gasteiger partial charge in [-0.25, -0.2) is 9.97 Å². The number of thioether (sulfide) groups is 1. The van der Waals surface area contributed by atoms with E-state index in [9.17, 15) is 0 Å². The lowest BCUT2D eigenvalue weighted by Crippen LogP contribution is -2.05. The summed E-state index contributed by atoms with van der Waals surface area (Å²) in [5, 5.41) is 4.53. The van der Waals surface area contributed by atoms with Gasteiger partial charge in [0.1, 0.15) is 5.82 Å². The molecule has 0 bridgehead atoms. The smallest absolute Gasteiger partial charge is 0.155 e. The molecule has 0 spiro atoms. The average Bonchev–Trinajstić information content (AvgIpc) is 2.80. The van der Waals surface area contributed by atoms with E-state index in [1.54, 1.807) is 18.9 Å². The van der Waals surface area contributed by atoms with Crippen LogP contribution in [0.2, 0.25) is 0 Å². The second kappa shape index (κ2) is 6.68. The van der Waals surface area contributed by atoms with E-state index in [2.05, 4.69) is 21.3 Å². The molecule has 19 heavy (non-hydrogen) atoms. The molecule has 2 aromatic rings. The number of pyridine rings is 1. The number of rotatable bonds is 6. The zero-order valence-corrected chi connectivity index (χ0v) is 12.3. The third-order valence-electron chi connectivity index (χ3n) is 2.61. The fraction of sp³-hybridized carbons (Fsp3) is 0.462. The Morgan fingerprint density at radius 1 is 1.32 bits per heavy atom. The zero-order chi connectivity index (χ0) is 13.7. The maximum absolute atomic E-state index is 5.07. The molecule has 0 aliphatic rings. The molecule has 6 heteroatoms. The molecule has 0 radical (unpaired) electrons. The lowest BCUT2D eigenvalue weighted by Gasteiger charge is -2.04. The number of aryl methyl sites for hydroxylation is 1. The van der Waals surface area contributed by atoms with Gasteiger partial charge in [-0.1, -0.05) is 6.07 Å². The molecule has 0 aliphatic carbocycles. The van der Waals surface area contributed by atoms with Gasteiger partial charge in [0.2, 0.25) is 0 Å². The topological polar surface area (TPSA) is 52.8 Å². The first-order chi connectivity index (χ1) is 9.24. The number of aromatic nitrogens is 4. The quantitative estimate of drug-likeness (QED) is 0.809. The second-order valence-corrected chi connectivity index (χ2v) is 5.04. The highest BCUT2D eigenvalue weighted by molar-refractivity contribution is 7.97. The molecule has 0 fully saturated rings. The predicted octanol–water partition coefficient (Wildman–Crippen LogP) is 2.02. The summed E-state index contributed by atoms with van der Waals surface area (Å²) < 4.78 is 6.90. The molecule has 0 saturated heterocycles. The van der Waals surface area contributed by atoms with Crippen molar-refractivity contribution in [3.63, 3.8) is 0 Å². The van der Waals surface area contributed by atoms with Gasteiger partial charge in [-0.15, -0.1) is 5.10 Å². The van der Waals surface area contributed by atoms with Crippen LogP contribution in [0.4, 0.5) is 0 Å². The highest BCUT2D eigenvalue weighted by Gasteiger charge is 2.12. The maximum Gasteiger partial charge on any atom is 0.155 e. The molecule has 2 heterocycles. The van der Waals surface area contributed by atoms with Crippen molar-refractivity contribution < 1.29 is 4.74 Å². The first kappa shape index (κ1) is 14.0. The van der Waals surface area contributed by atoms with E-state index in [1.165, 1.54) is 0 Å². The summed E-state index contributed by atoms with van der Waals surface area (Å²) >= 11 is 1.72. The Morgan fingerprint density at radius 2 is 2.16 bits per heavy atom. The Labute approximate surface area is 117 Å². The predicted molar refractivity (Wildman–Crippen MR) is 76.7 cm³/mol. The summed E-state index contributed by atoms with van der Waals surface area (Å²) in [5.74, 6) is 3.36. The number of methoxy groups -OCH3 is 1. The van der Waals surface area contributed by atoms with Gasteiger partial charge in [0.05, 0.1) is 12.4 Å². The molecule has 0 atom stereocenters. The molecule has 0 saturated carbocycles. The summed E-state index contributed by atoms with van der Waals surface area (Å²) in [4.78, 5) is 9.05. The van der Waals surface area contributed by atoms with Gasteiger partial charge in [-0.05, 0) is 25.3 Å². The molecule has 2 aromatic heterocycles. The summed E-state index contributed by atoms with van der Waals surface area (Å²) in [6, 6.07) is 5.91. The highest BCUT2D eigenvalue weighted by Crippen LogP contribution is 2.13. The van der Waals surface area contributed by atoms with E-state index in [-0.39, 0.29) is 0 Å². The summed E-state index contributed by atoms with van der Waals surface area (Å²) in [5.41, 5.74) is 0.974. The van der Waals surface area contributed by atoms with Crippen LogP contribution in [0.15, 0.2) is 18.2 Å². The Morgan fingerprint density at radius 3 is 2.84 bits per heavy atom. The standard InChI is InChI=1S/C13H18N4OS/c1-10-5-4-6-12(14-10)17-13(9-19-3)15-11(16-17)7-8-18-2/h4-6H,7-9H2,1-3H3. The van der Waals surface area contributed by atoms with Crippen molar-refractivity contribution in [2.75, 3.05) is 20.0 Å². The van der Waals surface area contributed by atoms with E-state index in [0.717, 1.165) is 35.3 Å². The van der Waals surface area contributed by atoms with Crippen molar-refractivity contribution in [1.82, 2.24) is 19.7 Å². The van der Waals surface area contributed by atoms with Crippen LogP contribution < -0.4 is 0 Å². The van der Waals surface area contributed by atoms with Crippen LogP contribution in [0.25, 0.3) is 5.82 Å². The summed E-state index contributed by atoms with van der Waals surface area (Å²) in [7, 11) is 1.68. The Kier molecular flexibility index (Phi) is 4.93. The number of nitrogens with zero attached hydrogens (tertiary/aromatic N) is 4. The van der Waals surface area contributed by atoms with Crippen LogP contribution in [0.5, 0.6) is 0 Å². The highest BCUT2D eigenvalue weighted by atomic mass is 32.2. The van der Waals surface area contributed by atoms with Crippen LogP contribution in [0.3, 0.4) is 0 Å². The van der Waals surface area contributed by atoms with Crippen molar-refractivity contribution in [3.05, 3.63) is 35.5 Å². The Bertz CT molecular complexity index is 541. The van der Waals surface area contributed by atoms with Crippen molar-refractivity contribution in [2.24, 2.45) is 0 Å². The van der Waals surface area contributed by atoms with Gasteiger partial charge in [0, 0.05) is 19.2 Å². The van der Waals surface area contributed by atoms with Gasteiger partial charge in [0.15, 0.2) is 11.6 Å². The first-order valence-corrected chi connectivity index (χ1v) is 7.50. The van der Waals surface area contributed by atoms with E-state index in [1.807, 2.05) is 29.8 Å². The largest absolute Gasteiger partial charge is 0.384 e. The molecule has 0 amide bonds. The molecule has 0 unspecified atom stereocenters. The molecule has 0 aliphatic heterocycles. The Balaban J connectivity index is 2.34. The normalized spacial score (nSPS) is 10.9. The fourth-order valence-corrected chi connectivity index (χ4v) is 2.19. The third kappa shape index (κ3) is 3.54. The van der Waals surface area contributed by atoms with Crippen molar-refractivity contribution in [2.45, 2.75) is 19.1 Å². The number of hydrogen-bond acceptors (Lipinski definition) is 5. The minimum Gasteiger partial charge on any atom is -0.384 e. The molecule has 0 aromatic carbocycles. The fourth-order valence-electron chi connectivity index (χ4n) is 1.74. The Hall–Kier alpha value is -1.40. The molecular weight excluding hydrogens is 260 g/mol. The first-order valence-electron chi connectivity index (χ1n) is 6.11. The summed E-state index contributed by atoms with van der Waals surface area (Å²) in [6.45, 7) is 2.60. The number of ether oxygens (including phenoxy) is 1. The monoisotopic (exact) mass is 278 g/mol. The molecule has 102 valence electrons. The van der Waals surface area contributed by atoms with Gasteiger partial charge in [0.25, 0.3) is 0 Å². The lowest BCUT2D eigenvalue weighted by molar-refractivity contribution is 0.200. The van der Waals surface area contributed by atoms with Crippen LogP contribution in [-0.4, -0.2) is 39.7 Å². The van der Waals surface area contributed by atoms with Crippen LogP contribution >= 0.6 is 11.8 Å². The van der Waals surface area contributed by atoms with Crippen LogP contribution in [0.1, 0.15) is 17.3 Å². The number of hydrogen-bond donors (Lipinski definition) is 0. The molecule has 5 nitrogen and oxygen atoms in total. The average molecular weight is 278 g/mol.